The zero-order valence-electron chi connectivity index (χ0n) is 22.5. The third-order valence-corrected chi connectivity index (χ3v) is 11.2. The molecule has 4 saturated carbocycles. The van der Waals surface area contributed by atoms with Crippen LogP contribution in [0.4, 0.5) is 11.4 Å². The molecule has 0 unspecified atom stereocenters. The normalized spacial score (nSPS) is 42.7. The molecule has 0 bridgehead atoms. The minimum Gasteiger partial charge on any atom is -0.382 e. The van der Waals surface area contributed by atoms with E-state index in [0.29, 0.717) is 23.8 Å². The number of benzene rings is 1. The zero-order chi connectivity index (χ0) is 25.8. The van der Waals surface area contributed by atoms with Crippen molar-refractivity contribution in [2.75, 3.05) is 10.6 Å². The van der Waals surface area contributed by atoms with E-state index in [1.165, 1.54) is 6.42 Å². The number of nitrogens with one attached hydrogen (secondary N) is 3. The first kappa shape index (κ1) is 25.0. The number of carbonyl (C=O) groups excluding carboxylic acids is 2. The summed E-state index contributed by atoms with van der Waals surface area (Å²) in [5, 5.41) is 10.2. The van der Waals surface area contributed by atoms with Gasteiger partial charge < -0.3 is 21.7 Å². The summed E-state index contributed by atoms with van der Waals surface area (Å²) in [7, 11) is 0. The summed E-state index contributed by atoms with van der Waals surface area (Å²) in [5.74, 6) is 2.09. The Kier molecular flexibility index (Phi) is 6.37. The molecule has 1 aromatic carbocycles. The molecule has 6 heteroatoms. The predicted octanol–water partition coefficient (Wildman–Crippen LogP) is 5.22. The number of nitrogens with two attached hydrogens (primary N) is 1. The van der Waals surface area contributed by atoms with Gasteiger partial charge in [-0.25, -0.2) is 0 Å². The van der Waals surface area contributed by atoms with Crippen LogP contribution in [-0.2, 0) is 9.59 Å². The minimum atomic E-state index is 0.0359. The predicted molar refractivity (Wildman–Crippen MR) is 148 cm³/mol. The Morgan fingerprint density at radius 3 is 2.70 bits per heavy atom. The molecule has 5 N–H and O–H groups in total. The lowest BCUT2D eigenvalue weighted by atomic mass is 9.48. The van der Waals surface area contributed by atoms with Gasteiger partial charge in [0.25, 0.3) is 0 Å². The monoisotopic (exact) mass is 504 g/mol. The van der Waals surface area contributed by atoms with Gasteiger partial charge in [0.1, 0.15) is 0 Å². The lowest BCUT2D eigenvalue weighted by Crippen LogP contribution is -2.59. The van der Waals surface area contributed by atoms with Crippen LogP contribution in [0.2, 0.25) is 0 Å². The summed E-state index contributed by atoms with van der Waals surface area (Å²) in [4.78, 5) is 25.7. The average Bonchev–Trinajstić information content (AvgIpc) is 3.22. The molecule has 0 saturated heterocycles. The fourth-order valence-electron chi connectivity index (χ4n) is 9.27. The van der Waals surface area contributed by atoms with Gasteiger partial charge in [-0.15, -0.1) is 0 Å². The molecule has 0 aromatic heterocycles. The first-order chi connectivity index (χ1) is 17.8. The van der Waals surface area contributed by atoms with E-state index in [9.17, 15) is 9.59 Å². The highest BCUT2D eigenvalue weighted by Gasteiger charge is 2.60. The molecular formula is C31H44N4O2. The molecule has 9 atom stereocenters. The number of carbonyl (C=O) groups is 2. The fraction of sp³-hybridized carbons (Fsp3) is 0.677. The molecule has 4 fully saturated rings. The van der Waals surface area contributed by atoms with Crippen molar-refractivity contribution < 1.29 is 9.59 Å². The van der Waals surface area contributed by atoms with Gasteiger partial charge in [0.05, 0.1) is 0 Å². The summed E-state index contributed by atoms with van der Waals surface area (Å²) < 4.78 is 0. The molecule has 2 amide bonds. The molecular weight excluding hydrogens is 460 g/mol. The summed E-state index contributed by atoms with van der Waals surface area (Å²) in [6.07, 6.45) is 14.9. The van der Waals surface area contributed by atoms with Crippen LogP contribution in [0, 0.1) is 34.5 Å². The molecule has 6 rings (SSSR count). The maximum Gasteiger partial charge on any atom is 0.243 e. The quantitative estimate of drug-likeness (QED) is 0.452. The Morgan fingerprint density at radius 2 is 1.86 bits per heavy atom. The topological polar surface area (TPSA) is 96.2 Å². The van der Waals surface area contributed by atoms with Gasteiger partial charge in [-0.2, -0.15) is 0 Å². The summed E-state index contributed by atoms with van der Waals surface area (Å²) in [5.41, 5.74) is 8.20. The average molecular weight is 505 g/mol. The molecule has 0 spiro atoms. The van der Waals surface area contributed by atoms with Crippen LogP contribution < -0.4 is 21.7 Å². The maximum absolute atomic E-state index is 13.7. The second-order valence-corrected chi connectivity index (χ2v) is 13.2. The number of rotatable bonds is 4. The molecule has 6 nitrogen and oxygen atoms in total. The van der Waals surface area contributed by atoms with E-state index < -0.39 is 0 Å². The third-order valence-electron chi connectivity index (χ3n) is 11.2. The molecule has 4 aliphatic carbocycles. The van der Waals surface area contributed by atoms with Crippen molar-refractivity contribution in [3.8, 4) is 0 Å². The molecule has 1 aromatic rings. The van der Waals surface area contributed by atoms with Gasteiger partial charge in [-0.05, 0) is 112 Å². The van der Waals surface area contributed by atoms with Crippen LogP contribution in [0.25, 0.3) is 0 Å². The van der Waals surface area contributed by atoms with Gasteiger partial charge in [-0.1, -0.05) is 26.0 Å². The number of hydrogen-bond acceptors (Lipinski definition) is 4. The highest BCUT2D eigenvalue weighted by atomic mass is 16.2. The van der Waals surface area contributed by atoms with Crippen molar-refractivity contribution in [1.82, 2.24) is 5.32 Å². The Labute approximate surface area is 221 Å². The Balaban J connectivity index is 1.14. The summed E-state index contributed by atoms with van der Waals surface area (Å²) in [6.45, 7) is 4.75. The Morgan fingerprint density at radius 1 is 1.03 bits per heavy atom. The number of anilines is 2. The Hall–Kier alpha value is -2.34. The highest BCUT2D eigenvalue weighted by Crippen LogP contribution is 2.65. The molecule has 5 aliphatic rings. The van der Waals surface area contributed by atoms with Gasteiger partial charge in [0.15, 0.2) is 0 Å². The van der Waals surface area contributed by atoms with Gasteiger partial charge >= 0.3 is 0 Å². The van der Waals surface area contributed by atoms with E-state index in [0.717, 1.165) is 69.2 Å². The van der Waals surface area contributed by atoms with Crippen molar-refractivity contribution >= 4 is 23.2 Å². The van der Waals surface area contributed by atoms with Gasteiger partial charge in [-0.3, -0.25) is 9.59 Å². The third kappa shape index (κ3) is 4.39. The second-order valence-electron chi connectivity index (χ2n) is 13.2. The Bertz CT molecular complexity index is 1090. The minimum absolute atomic E-state index is 0.0359. The van der Waals surface area contributed by atoms with E-state index in [1.54, 1.807) is 6.08 Å². The zero-order valence-corrected chi connectivity index (χ0v) is 22.5. The lowest BCUT2D eigenvalue weighted by molar-refractivity contribution is -0.129. The molecule has 1 heterocycles. The lowest BCUT2D eigenvalue weighted by Gasteiger charge is -2.58. The molecule has 0 radical (unpaired) electrons. The van der Waals surface area contributed by atoms with Crippen molar-refractivity contribution in [3.05, 3.63) is 36.4 Å². The summed E-state index contributed by atoms with van der Waals surface area (Å²) >= 11 is 0. The molecule has 37 heavy (non-hydrogen) atoms. The van der Waals surface area contributed by atoms with E-state index in [-0.39, 0.29) is 40.6 Å². The smallest absolute Gasteiger partial charge is 0.243 e. The highest BCUT2D eigenvalue weighted by molar-refractivity contribution is 5.94. The van der Waals surface area contributed by atoms with Crippen LogP contribution in [0.15, 0.2) is 36.4 Å². The SMILES string of the molecule is C[C@]12C=CC(=O)N[C@@H]1CC[C@@H]1[C@@H]2CC[C@]2(C)[C@@H](C(=O)Nc3cccc(N[C@@H]4CCC[C@@H](N)C4)c3)CC[C@@H]12. The van der Waals surface area contributed by atoms with Crippen LogP contribution in [0.3, 0.4) is 0 Å². The van der Waals surface area contributed by atoms with Crippen LogP contribution in [0.5, 0.6) is 0 Å². The standard InChI is InChI=1S/C31H44N4O2/c1-30-15-13-25-23(9-12-27-31(25,2)16-14-28(36)35-27)24(30)10-11-26(30)29(37)34-22-8-4-7-21(18-22)33-20-6-3-5-19(32)17-20/h4,7-8,14,16,18-20,23-27,33H,3,5-6,9-13,15,17,32H2,1-2H3,(H,34,37)(H,35,36)/t19-,20-,23+,24+,25+,26-,27-,30+,31-/m1/s1. The van der Waals surface area contributed by atoms with Crippen molar-refractivity contribution in [2.45, 2.75) is 96.2 Å². The van der Waals surface area contributed by atoms with Crippen LogP contribution in [0.1, 0.15) is 78.1 Å². The van der Waals surface area contributed by atoms with E-state index >= 15 is 0 Å². The van der Waals surface area contributed by atoms with E-state index in [1.807, 2.05) is 12.1 Å². The van der Waals surface area contributed by atoms with Crippen LogP contribution >= 0.6 is 0 Å². The van der Waals surface area contributed by atoms with E-state index in [2.05, 4.69) is 48.0 Å². The van der Waals surface area contributed by atoms with Crippen LogP contribution in [-0.4, -0.2) is 29.9 Å². The first-order valence-corrected chi connectivity index (χ1v) is 14.7. The number of fused-ring (bicyclic) bond motifs is 5. The number of hydrogen-bond donors (Lipinski definition) is 4. The fourth-order valence-corrected chi connectivity index (χ4v) is 9.27. The van der Waals surface area contributed by atoms with Crippen molar-refractivity contribution in [1.29, 1.82) is 0 Å². The van der Waals surface area contributed by atoms with E-state index in [4.69, 9.17) is 5.73 Å². The summed E-state index contributed by atoms with van der Waals surface area (Å²) in [6, 6.07) is 9.14. The molecule has 1 aliphatic heterocycles. The van der Waals surface area contributed by atoms with Crippen molar-refractivity contribution in [3.63, 3.8) is 0 Å². The first-order valence-electron chi connectivity index (χ1n) is 14.7. The van der Waals surface area contributed by atoms with Gasteiger partial charge in [0.2, 0.25) is 11.8 Å². The van der Waals surface area contributed by atoms with Gasteiger partial charge in [0, 0.05) is 40.8 Å². The van der Waals surface area contributed by atoms with Crippen molar-refractivity contribution in [2.24, 2.45) is 40.2 Å². The number of amides is 2. The molecule has 200 valence electrons. The second kappa shape index (κ2) is 9.44. The largest absolute Gasteiger partial charge is 0.382 e. The maximum atomic E-state index is 13.7.